The van der Waals surface area contributed by atoms with Crippen molar-refractivity contribution in [2.75, 3.05) is 27.2 Å². The van der Waals surface area contributed by atoms with E-state index in [4.69, 9.17) is 35.1 Å². The minimum absolute atomic E-state index is 0.0984. The molecule has 0 saturated carbocycles. The highest BCUT2D eigenvalue weighted by Gasteiger charge is 2.72. The molecule has 1 aliphatic heterocycles. The van der Waals surface area contributed by atoms with E-state index in [-0.39, 0.29) is 52.8 Å². The molecule has 11 nitrogen and oxygen atoms in total. The van der Waals surface area contributed by atoms with Crippen LogP contribution in [0.1, 0.15) is 84.2 Å². The highest BCUT2D eigenvalue weighted by atomic mass is 35.5. The fourth-order valence-electron chi connectivity index (χ4n) is 8.00. The zero-order valence-corrected chi connectivity index (χ0v) is 32.5. The molecule has 0 amide bonds. The average molecular weight is 756 g/mol. The molecule has 4 aliphatic rings. The van der Waals surface area contributed by atoms with Gasteiger partial charge in [-0.2, -0.15) is 0 Å². The minimum Gasteiger partial charge on any atom is -0.470 e. The predicted octanol–water partition coefficient (Wildman–Crippen LogP) is 7.89. The molecule has 1 fully saturated rings. The molecule has 0 bridgehead atoms. The van der Waals surface area contributed by atoms with E-state index >= 15 is 0 Å². The van der Waals surface area contributed by atoms with Crippen LogP contribution in [0.4, 0.5) is 4.79 Å². The van der Waals surface area contributed by atoms with E-state index in [2.05, 4.69) is 29.2 Å². The van der Waals surface area contributed by atoms with Crippen molar-refractivity contribution in [3.63, 3.8) is 0 Å². The van der Waals surface area contributed by atoms with Crippen LogP contribution in [0.25, 0.3) is 10.8 Å². The normalized spacial score (nSPS) is 20.8. The van der Waals surface area contributed by atoms with Gasteiger partial charge in [0.15, 0.2) is 23.1 Å². The van der Waals surface area contributed by atoms with Gasteiger partial charge in [0.1, 0.15) is 17.8 Å². The first kappa shape index (κ1) is 37.6. The lowest BCUT2D eigenvalue weighted by atomic mass is 9.63. The molecule has 0 unspecified atom stereocenters. The van der Waals surface area contributed by atoms with Crippen LogP contribution in [0.2, 0.25) is 5.02 Å². The van der Waals surface area contributed by atoms with Gasteiger partial charge in [-0.15, -0.1) is 0 Å². The molecule has 12 heteroatoms. The van der Waals surface area contributed by atoms with Crippen molar-refractivity contribution < 1.29 is 37.9 Å². The lowest BCUT2D eigenvalue weighted by Gasteiger charge is -2.35. The highest BCUT2D eigenvalue weighted by molar-refractivity contribution is 6.38. The SMILES string of the molecule is CCN(CC)Cc1ccc2c(Cl)c3c(c(OC(=O)OC(C)(C)C)c2c1)C(=O)C1=C2O[C@]24C(=O)c2c(OCc5ccccc5)noc2C[C@@H]4C[C@@H]1C3.CNC. The first-order valence-corrected chi connectivity index (χ1v) is 18.9. The number of epoxide rings is 1. The van der Waals surface area contributed by atoms with Crippen LogP contribution < -0.4 is 14.8 Å². The van der Waals surface area contributed by atoms with Crippen LogP contribution in [0, 0.1) is 11.8 Å². The summed E-state index contributed by atoms with van der Waals surface area (Å²) >= 11 is 7.16. The van der Waals surface area contributed by atoms with Crippen molar-refractivity contribution in [1.29, 1.82) is 0 Å². The number of aromatic nitrogens is 1. The molecular formula is C42H46ClN3O8. The van der Waals surface area contributed by atoms with Gasteiger partial charge in [0.25, 0.3) is 5.88 Å². The van der Waals surface area contributed by atoms with Crippen molar-refractivity contribution in [3.05, 3.63) is 98.5 Å². The van der Waals surface area contributed by atoms with Gasteiger partial charge >= 0.3 is 6.16 Å². The average Bonchev–Trinajstić information content (AvgIpc) is 3.76. The maximum Gasteiger partial charge on any atom is 0.514 e. The van der Waals surface area contributed by atoms with Gasteiger partial charge in [-0.25, -0.2) is 4.79 Å². The Morgan fingerprint density at radius 3 is 2.43 bits per heavy atom. The Kier molecular flexibility index (Phi) is 10.1. The summed E-state index contributed by atoms with van der Waals surface area (Å²) in [5.41, 5.74) is 1.24. The monoisotopic (exact) mass is 755 g/mol. The molecule has 1 N–H and O–H groups in total. The summed E-state index contributed by atoms with van der Waals surface area (Å²) in [5.74, 6) is -0.185. The van der Waals surface area contributed by atoms with Crippen molar-refractivity contribution in [2.45, 2.75) is 78.2 Å². The van der Waals surface area contributed by atoms with E-state index < -0.39 is 17.4 Å². The molecule has 0 radical (unpaired) electrons. The first-order valence-electron chi connectivity index (χ1n) is 18.5. The first-order chi connectivity index (χ1) is 25.8. The van der Waals surface area contributed by atoms with E-state index in [9.17, 15) is 14.4 Å². The number of hydrogen-bond acceptors (Lipinski definition) is 11. The largest absolute Gasteiger partial charge is 0.514 e. The van der Waals surface area contributed by atoms with Gasteiger partial charge in [0, 0.05) is 35.2 Å². The number of carbonyl (C=O) groups excluding carboxylic acids is 3. The molecule has 3 atom stereocenters. The number of hydrogen-bond donors (Lipinski definition) is 1. The standard InChI is InChI=1S/C40H39ClN2O8.C2H7N/c1-6-43(7-2)19-22-13-14-25-26(15-22)34(48-38(46)50-39(3,4)5)30-27(32(25)41)17-23-16-24-18-28-31(35(45)40(24)36(49-40)29(23)33(30)44)37(42-51-28)47-20-21-11-9-8-10-12-21;1-3-2/h8-15,23-24H,6-7,16-20H2,1-5H3;3H,1-2H3/t23-,24+,40-;/m1./s1. The molecule has 8 rings (SSSR count). The fraction of sp³-hybridized carbons (Fsp3) is 0.429. The number of ketones is 2. The number of nitrogens with one attached hydrogen (secondary N) is 1. The van der Waals surface area contributed by atoms with Crippen LogP contribution >= 0.6 is 11.6 Å². The summed E-state index contributed by atoms with van der Waals surface area (Å²) in [6.45, 7) is 12.0. The third-order valence-electron chi connectivity index (χ3n) is 10.5. The maximum absolute atomic E-state index is 14.8. The zero-order valence-electron chi connectivity index (χ0n) is 31.8. The summed E-state index contributed by atoms with van der Waals surface area (Å²) in [5, 5.41) is 8.52. The summed E-state index contributed by atoms with van der Waals surface area (Å²) in [7, 11) is 3.75. The number of fused-ring (bicyclic) bond motifs is 4. The van der Waals surface area contributed by atoms with E-state index in [1.54, 1.807) is 20.8 Å². The Hall–Kier alpha value is -4.71. The number of halogens is 1. The Morgan fingerprint density at radius 1 is 1.02 bits per heavy atom. The molecule has 1 spiro atoms. The van der Waals surface area contributed by atoms with E-state index in [0.29, 0.717) is 64.3 Å². The lowest BCUT2D eigenvalue weighted by Crippen LogP contribution is -2.44. The number of benzene rings is 3. The maximum atomic E-state index is 14.8. The van der Waals surface area contributed by atoms with Gasteiger partial charge in [-0.3, -0.25) is 14.5 Å². The number of allylic oxidation sites excluding steroid dienone is 1. The Morgan fingerprint density at radius 2 is 1.74 bits per heavy atom. The molecule has 54 heavy (non-hydrogen) atoms. The Balaban J connectivity index is 0.00000145. The molecule has 1 aromatic heterocycles. The van der Waals surface area contributed by atoms with Crippen LogP contribution in [0.5, 0.6) is 11.6 Å². The Bertz CT molecular complexity index is 2170. The van der Waals surface area contributed by atoms with Gasteiger partial charge < -0.3 is 28.8 Å². The van der Waals surface area contributed by atoms with Crippen molar-refractivity contribution >= 4 is 40.1 Å². The van der Waals surface area contributed by atoms with Gasteiger partial charge in [0.2, 0.25) is 11.4 Å². The van der Waals surface area contributed by atoms with Gasteiger partial charge in [-0.1, -0.05) is 67.9 Å². The van der Waals surface area contributed by atoms with Crippen LogP contribution in [-0.2, 0) is 35.5 Å². The number of Topliss-reactive ketones (excluding diaryl/α,β-unsaturated/α-hetero) is 2. The summed E-state index contributed by atoms with van der Waals surface area (Å²) < 4.78 is 29.5. The number of rotatable bonds is 8. The van der Waals surface area contributed by atoms with Crippen LogP contribution in [-0.4, -0.2) is 66.2 Å². The second kappa shape index (κ2) is 14.5. The van der Waals surface area contributed by atoms with Gasteiger partial charge in [0.05, 0.1) is 10.6 Å². The van der Waals surface area contributed by atoms with E-state index in [1.165, 1.54) is 0 Å². The van der Waals surface area contributed by atoms with E-state index in [1.807, 2.05) is 62.6 Å². The second-order valence-electron chi connectivity index (χ2n) is 15.2. The second-order valence-corrected chi connectivity index (χ2v) is 15.6. The quantitative estimate of drug-likeness (QED) is 0.107. The minimum atomic E-state index is -1.30. The van der Waals surface area contributed by atoms with E-state index in [0.717, 1.165) is 24.2 Å². The molecule has 4 aromatic rings. The topological polar surface area (TPSA) is 133 Å². The molecule has 3 aromatic carbocycles. The van der Waals surface area contributed by atoms with Crippen molar-refractivity contribution in [2.24, 2.45) is 11.8 Å². The van der Waals surface area contributed by atoms with Crippen LogP contribution in [0.3, 0.4) is 0 Å². The lowest BCUT2D eigenvalue weighted by molar-refractivity contribution is 0.0208. The predicted molar refractivity (Wildman–Crippen MR) is 203 cm³/mol. The summed E-state index contributed by atoms with van der Waals surface area (Å²) in [6.07, 6.45) is 0.378. The van der Waals surface area contributed by atoms with Gasteiger partial charge in [-0.05, 0) is 94.6 Å². The summed E-state index contributed by atoms with van der Waals surface area (Å²) in [4.78, 5) is 44.7. The number of ether oxygens (including phenoxy) is 4. The number of carbonyl (C=O) groups is 3. The third-order valence-corrected chi connectivity index (χ3v) is 10.9. The molecule has 2 heterocycles. The fourth-order valence-corrected chi connectivity index (χ4v) is 8.34. The zero-order chi connectivity index (χ0) is 38.5. The van der Waals surface area contributed by atoms with Crippen LogP contribution in [0.15, 0.2) is 64.4 Å². The third kappa shape index (κ3) is 6.56. The Labute approximate surface area is 319 Å². The molecule has 1 saturated heterocycles. The highest BCUT2D eigenvalue weighted by Crippen LogP contribution is 2.63. The molecule has 3 aliphatic carbocycles. The van der Waals surface area contributed by atoms with Crippen molar-refractivity contribution in [3.8, 4) is 11.6 Å². The summed E-state index contributed by atoms with van der Waals surface area (Å²) in [6, 6.07) is 15.4. The number of nitrogens with zero attached hydrogens (tertiary/aromatic N) is 2. The van der Waals surface area contributed by atoms with Crippen molar-refractivity contribution in [1.82, 2.24) is 15.4 Å². The molecule has 284 valence electrons. The molecular weight excluding hydrogens is 710 g/mol. The smallest absolute Gasteiger partial charge is 0.470 e.